The molecule has 0 aliphatic heterocycles. The number of hydrogen-bond acceptors (Lipinski definition) is 4. The van der Waals surface area contributed by atoms with Crippen molar-refractivity contribution in [1.29, 1.82) is 0 Å². The summed E-state index contributed by atoms with van der Waals surface area (Å²) in [7, 11) is 1.36. The van der Waals surface area contributed by atoms with Gasteiger partial charge in [-0.1, -0.05) is 39.3 Å². The maximum atomic E-state index is 13.0. The van der Waals surface area contributed by atoms with Crippen molar-refractivity contribution >= 4 is 34.3 Å². The fourth-order valence-corrected chi connectivity index (χ4v) is 5.17. The van der Waals surface area contributed by atoms with Gasteiger partial charge in [-0.05, 0) is 59.9 Å². The van der Waals surface area contributed by atoms with Crippen LogP contribution in [0.3, 0.4) is 0 Å². The number of methoxy groups -OCH3 is 1. The van der Waals surface area contributed by atoms with Gasteiger partial charge in [0.25, 0.3) is 0 Å². The Kier molecular flexibility index (Phi) is 6.76. The third-order valence-corrected chi connectivity index (χ3v) is 7.37. The van der Waals surface area contributed by atoms with Gasteiger partial charge >= 0.3 is 5.97 Å². The summed E-state index contributed by atoms with van der Waals surface area (Å²) in [4.78, 5) is 26.1. The van der Waals surface area contributed by atoms with Crippen molar-refractivity contribution in [3.05, 3.63) is 57.7 Å². The minimum atomic E-state index is -0.418. The number of fused-ring (bicyclic) bond motifs is 1. The summed E-state index contributed by atoms with van der Waals surface area (Å²) in [5.74, 6) is -0.541. The second-order valence-electron chi connectivity index (χ2n) is 8.36. The summed E-state index contributed by atoms with van der Waals surface area (Å²) in [6, 6.07) is 5.87. The lowest BCUT2D eigenvalue weighted by Gasteiger charge is -2.36. The van der Waals surface area contributed by atoms with Crippen molar-refractivity contribution in [1.82, 2.24) is 0 Å². The fourth-order valence-electron chi connectivity index (χ4n) is 3.85. The number of rotatable bonds is 6. The van der Waals surface area contributed by atoms with Crippen LogP contribution in [0.2, 0.25) is 0 Å². The summed E-state index contributed by atoms with van der Waals surface area (Å²) in [6.07, 6.45) is 6.83. The van der Waals surface area contributed by atoms with Crippen LogP contribution in [0.25, 0.3) is 6.08 Å². The third kappa shape index (κ3) is 4.81. The Balaban J connectivity index is 1.83. The van der Waals surface area contributed by atoms with Crippen LogP contribution in [0.4, 0.5) is 9.39 Å². The smallest absolute Gasteiger partial charge is 0.341 e. The van der Waals surface area contributed by atoms with E-state index in [9.17, 15) is 14.0 Å². The maximum Gasteiger partial charge on any atom is 0.341 e. The van der Waals surface area contributed by atoms with Gasteiger partial charge in [0, 0.05) is 11.0 Å². The molecule has 1 N–H and O–H groups in total. The molecule has 4 nitrogen and oxygen atoms in total. The monoisotopic (exact) mass is 429 g/mol. The maximum absolute atomic E-state index is 13.0. The molecule has 1 heterocycles. The number of benzene rings is 1. The van der Waals surface area contributed by atoms with Gasteiger partial charge in [-0.3, -0.25) is 4.79 Å². The molecule has 0 fully saturated rings. The van der Waals surface area contributed by atoms with Crippen molar-refractivity contribution in [2.24, 2.45) is 11.3 Å². The first-order valence-electron chi connectivity index (χ1n) is 10.2. The van der Waals surface area contributed by atoms with E-state index >= 15 is 0 Å². The van der Waals surface area contributed by atoms with Crippen molar-refractivity contribution in [2.75, 3.05) is 12.4 Å². The molecular formula is C24H28FNO3S. The van der Waals surface area contributed by atoms with E-state index in [0.717, 1.165) is 41.7 Å². The Labute approximate surface area is 181 Å². The zero-order valence-electron chi connectivity index (χ0n) is 17.9. The molecule has 1 atom stereocenters. The molecule has 0 spiro atoms. The summed E-state index contributed by atoms with van der Waals surface area (Å²) in [5, 5.41) is 3.39. The molecule has 2 aromatic rings. The number of carbonyl (C=O) groups is 2. The van der Waals surface area contributed by atoms with Gasteiger partial charge in [0.1, 0.15) is 10.8 Å². The fraction of sp³-hybridized carbons (Fsp3) is 0.417. The molecule has 1 aliphatic carbocycles. The van der Waals surface area contributed by atoms with Crippen LogP contribution in [-0.2, 0) is 22.4 Å². The Morgan fingerprint density at radius 2 is 2.00 bits per heavy atom. The highest BCUT2D eigenvalue weighted by atomic mass is 32.1. The molecule has 0 bridgehead atoms. The number of halogens is 1. The molecule has 1 aliphatic rings. The molecule has 30 heavy (non-hydrogen) atoms. The number of esters is 1. The van der Waals surface area contributed by atoms with E-state index in [0.29, 0.717) is 16.5 Å². The van der Waals surface area contributed by atoms with Crippen LogP contribution >= 0.6 is 11.3 Å². The minimum Gasteiger partial charge on any atom is -0.465 e. The zero-order valence-corrected chi connectivity index (χ0v) is 18.7. The lowest BCUT2D eigenvalue weighted by molar-refractivity contribution is -0.111. The highest BCUT2D eigenvalue weighted by Crippen LogP contribution is 2.45. The van der Waals surface area contributed by atoms with E-state index in [1.807, 2.05) is 0 Å². The van der Waals surface area contributed by atoms with Gasteiger partial charge < -0.3 is 10.1 Å². The normalized spacial score (nSPS) is 16.4. The number of thiophene rings is 1. The third-order valence-electron chi connectivity index (χ3n) is 6.21. The van der Waals surface area contributed by atoms with Crippen molar-refractivity contribution < 1.29 is 18.7 Å². The molecule has 1 amide bonds. The minimum absolute atomic E-state index is 0.231. The van der Waals surface area contributed by atoms with Gasteiger partial charge in [-0.25, -0.2) is 9.18 Å². The molecule has 1 aromatic carbocycles. The van der Waals surface area contributed by atoms with E-state index in [1.165, 1.54) is 36.7 Å². The van der Waals surface area contributed by atoms with Crippen LogP contribution in [0, 0.1) is 17.2 Å². The zero-order chi connectivity index (χ0) is 21.9. The number of nitrogens with one attached hydrogen (secondary N) is 1. The Hall–Kier alpha value is -2.47. The standard InChI is InChI=1S/C24H28FNO3S/c1-5-24(2,3)16-9-12-18-19(14-16)30-22(21(18)23(28)29-4)26-20(27)13-8-15-6-10-17(25)11-7-15/h6-8,10-11,13,16H,5,9,12,14H2,1-4H3,(H,26,27)/b13-8+. The van der Waals surface area contributed by atoms with Crippen LogP contribution in [-0.4, -0.2) is 19.0 Å². The number of carbonyl (C=O) groups excluding carboxylic acids is 2. The van der Waals surface area contributed by atoms with Crippen molar-refractivity contribution in [2.45, 2.75) is 46.5 Å². The summed E-state index contributed by atoms with van der Waals surface area (Å²) in [6.45, 7) is 6.80. The average molecular weight is 430 g/mol. The SMILES string of the molecule is CCC(C)(C)C1CCc2c(sc(NC(=O)/C=C/c3ccc(F)cc3)c2C(=O)OC)C1. The first-order valence-corrected chi connectivity index (χ1v) is 11.0. The first-order chi connectivity index (χ1) is 14.2. The van der Waals surface area contributed by atoms with E-state index < -0.39 is 5.97 Å². The molecule has 1 unspecified atom stereocenters. The van der Waals surface area contributed by atoms with E-state index in [-0.39, 0.29) is 17.1 Å². The summed E-state index contributed by atoms with van der Waals surface area (Å²) in [5.41, 5.74) is 2.44. The van der Waals surface area contributed by atoms with Gasteiger partial charge in [0.2, 0.25) is 5.91 Å². The highest BCUT2D eigenvalue weighted by Gasteiger charge is 2.35. The van der Waals surface area contributed by atoms with Gasteiger partial charge in [-0.15, -0.1) is 11.3 Å². The molecular weight excluding hydrogens is 401 g/mol. The molecule has 0 saturated heterocycles. The molecule has 6 heteroatoms. The van der Waals surface area contributed by atoms with Gasteiger partial charge in [0.15, 0.2) is 0 Å². The molecule has 160 valence electrons. The van der Waals surface area contributed by atoms with Gasteiger partial charge in [0.05, 0.1) is 12.7 Å². The predicted molar refractivity (Wildman–Crippen MR) is 119 cm³/mol. The summed E-state index contributed by atoms with van der Waals surface area (Å²) >= 11 is 1.47. The molecule has 1 aromatic heterocycles. The van der Waals surface area contributed by atoms with Crippen molar-refractivity contribution in [3.63, 3.8) is 0 Å². The van der Waals surface area contributed by atoms with E-state index in [1.54, 1.807) is 18.2 Å². The lowest BCUT2D eigenvalue weighted by Crippen LogP contribution is -2.28. The van der Waals surface area contributed by atoms with Gasteiger partial charge in [-0.2, -0.15) is 0 Å². The largest absolute Gasteiger partial charge is 0.465 e. The first kappa shape index (κ1) is 22.2. The predicted octanol–water partition coefficient (Wildman–Crippen LogP) is 5.87. The van der Waals surface area contributed by atoms with Crippen LogP contribution in [0.1, 0.15) is 60.0 Å². The Bertz CT molecular complexity index is 960. The Morgan fingerprint density at radius 3 is 2.63 bits per heavy atom. The highest BCUT2D eigenvalue weighted by molar-refractivity contribution is 7.17. The summed E-state index contributed by atoms with van der Waals surface area (Å²) < 4.78 is 18.0. The lowest BCUT2D eigenvalue weighted by atomic mass is 9.69. The Morgan fingerprint density at radius 1 is 1.30 bits per heavy atom. The topological polar surface area (TPSA) is 55.4 Å². The number of anilines is 1. The molecule has 0 radical (unpaired) electrons. The van der Waals surface area contributed by atoms with E-state index in [2.05, 4.69) is 26.1 Å². The number of amides is 1. The quantitative estimate of drug-likeness (QED) is 0.462. The number of ether oxygens (including phenoxy) is 1. The van der Waals surface area contributed by atoms with Crippen LogP contribution in [0.5, 0.6) is 0 Å². The average Bonchev–Trinajstić information content (AvgIpc) is 3.09. The molecule has 3 rings (SSSR count). The second-order valence-corrected chi connectivity index (χ2v) is 9.46. The van der Waals surface area contributed by atoms with E-state index in [4.69, 9.17) is 4.74 Å². The number of hydrogen-bond donors (Lipinski definition) is 1. The van der Waals surface area contributed by atoms with Crippen LogP contribution < -0.4 is 5.32 Å². The second kappa shape index (κ2) is 9.13. The molecule has 0 saturated carbocycles. The van der Waals surface area contributed by atoms with Crippen LogP contribution in [0.15, 0.2) is 30.3 Å². The van der Waals surface area contributed by atoms with Crippen molar-refractivity contribution in [3.8, 4) is 0 Å².